The molecule has 2 aromatic carbocycles. The SMILES string of the molecule is COc1cc2ccccc2c(CC(NC(=O)OC(C)(C)C)C(=O)O)c1OC. The van der Waals surface area contributed by atoms with E-state index in [1.165, 1.54) is 14.2 Å². The minimum absolute atomic E-state index is 0.00939. The molecule has 0 radical (unpaired) electrons. The highest BCUT2D eigenvalue weighted by atomic mass is 16.6. The number of carboxylic acid groups (broad SMARTS) is 1. The van der Waals surface area contributed by atoms with Gasteiger partial charge in [-0.25, -0.2) is 9.59 Å². The van der Waals surface area contributed by atoms with Gasteiger partial charge in [-0.3, -0.25) is 0 Å². The number of methoxy groups -OCH3 is 2. The van der Waals surface area contributed by atoms with E-state index in [0.29, 0.717) is 17.1 Å². The summed E-state index contributed by atoms with van der Waals surface area (Å²) in [5.74, 6) is -0.240. The summed E-state index contributed by atoms with van der Waals surface area (Å²) in [6.45, 7) is 5.13. The van der Waals surface area contributed by atoms with E-state index in [9.17, 15) is 14.7 Å². The molecule has 0 aliphatic rings. The van der Waals surface area contributed by atoms with Gasteiger partial charge in [-0.05, 0) is 37.6 Å². The van der Waals surface area contributed by atoms with Crippen molar-refractivity contribution in [2.45, 2.75) is 38.8 Å². The quantitative estimate of drug-likeness (QED) is 0.804. The van der Waals surface area contributed by atoms with Crippen LogP contribution in [-0.4, -0.2) is 43.0 Å². The minimum atomic E-state index is -1.19. The van der Waals surface area contributed by atoms with Gasteiger partial charge in [0.25, 0.3) is 0 Å². The van der Waals surface area contributed by atoms with Gasteiger partial charge in [0, 0.05) is 12.0 Å². The molecule has 0 saturated carbocycles. The van der Waals surface area contributed by atoms with Gasteiger partial charge in [0.15, 0.2) is 11.5 Å². The van der Waals surface area contributed by atoms with Crippen molar-refractivity contribution < 1.29 is 28.9 Å². The second kappa shape index (κ2) is 8.16. The fraction of sp³-hybridized carbons (Fsp3) is 0.400. The number of amides is 1. The maximum absolute atomic E-state index is 12.1. The summed E-state index contributed by atoms with van der Waals surface area (Å²) in [5.41, 5.74) is -0.0936. The largest absolute Gasteiger partial charge is 0.493 e. The summed E-state index contributed by atoms with van der Waals surface area (Å²) in [7, 11) is 3.01. The number of rotatable bonds is 6. The number of fused-ring (bicyclic) bond motifs is 1. The molecule has 0 aliphatic heterocycles. The summed E-state index contributed by atoms with van der Waals surface area (Å²) in [6, 6.07) is 8.15. The lowest BCUT2D eigenvalue weighted by molar-refractivity contribution is -0.139. The van der Waals surface area contributed by atoms with E-state index >= 15 is 0 Å². The number of hydrogen-bond donors (Lipinski definition) is 2. The lowest BCUT2D eigenvalue weighted by atomic mass is 9.97. The van der Waals surface area contributed by atoms with Crippen molar-refractivity contribution in [1.82, 2.24) is 5.32 Å². The summed E-state index contributed by atoms with van der Waals surface area (Å²) in [5, 5.41) is 13.7. The number of nitrogens with one attached hydrogen (secondary N) is 1. The molecule has 2 N–H and O–H groups in total. The highest BCUT2D eigenvalue weighted by Gasteiger charge is 2.27. The molecule has 1 atom stereocenters. The van der Waals surface area contributed by atoms with Gasteiger partial charge < -0.3 is 24.6 Å². The molecule has 2 rings (SSSR count). The van der Waals surface area contributed by atoms with Gasteiger partial charge in [0.2, 0.25) is 0 Å². The van der Waals surface area contributed by atoms with Crippen LogP contribution < -0.4 is 14.8 Å². The molecule has 0 fully saturated rings. The highest BCUT2D eigenvalue weighted by Crippen LogP contribution is 2.38. The Kier molecular flexibility index (Phi) is 6.15. The molecule has 0 spiro atoms. The Morgan fingerprint density at radius 2 is 1.81 bits per heavy atom. The fourth-order valence-electron chi connectivity index (χ4n) is 2.81. The van der Waals surface area contributed by atoms with Crippen LogP contribution in [0.4, 0.5) is 4.79 Å². The fourth-order valence-corrected chi connectivity index (χ4v) is 2.81. The summed E-state index contributed by atoms with van der Waals surface area (Å²) in [6.07, 6.45) is -0.781. The lowest BCUT2D eigenvalue weighted by Crippen LogP contribution is -2.44. The molecule has 2 aromatic rings. The second-order valence-electron chi connectivity index (χ2n) is 7.05. The Bertz CT molecular complexity index is 840. The first kappa shape index (κ1) is 20.4. The van der Waals surface area contributed by atoms with Crippen LogP contribution in [0.5, 0.6) is 11.5 Å². The molecule has 0 aromatic heterocycles. The maximum atomic E-state index is 12.1. The third-order valence-corrected chi connectivity index (χ3v) is 3.89. The van der Waals surface area contributed by atoms with Crippen molar-refractivity contribution in [3.8, 4) is 11.5 Å². The number of ether oxygens (including phenoxy) is 3. The number of carbonyl (C=O) groups is 2. The van der Waals surface area contributed by atoms with Crippen LogP contribution in [0.25, 0.3) is 10.8 Å². The molecule has 1 unspecified atom stereocenters. The van der Waals surface area contributed by atoms with Gasteiger partial charge in [0.05, 0.1) is 14.2 Å². The summed E-state index contributed by atoms with van der Waals surface area (Å²) >= 11 is 0. The molecular weight excluding hydrogens is 350 g/mol. The number of hydrogen-bond acceptors (Lipinski definition) is 5. The van der Waals surface area contributed by atoms with Gasteiger partial charge in [-0.2, -0.15) is 0 Å². The van der Waals surface area contributed by atoms with Crippen LogP contribution in [0, 0.1) is 0 Å². The second-order valence-corrected chi connectivity index (χ2v) is 7.05. The Morgan fingerprint density at radius 3 is 2.37 bits per heavy atom. The molecule has 0 saturated heterocycles. The highest BCUT2D eigenvalue weighted by molar-refractivity contribution is 5.91. The van der Waals surface area contributed by atoms with E-state index in [1.807, 2.05) is 30.3 Å². The molecule has 7 nitrogen and oxygen atoms in total. The van der Waals surface area contributed by atoms with E-state index in [1.54, 1.807) is 20.8 Å². The zero-order valence-electron chi connectivity index (χ0n) is 16.2. The van der Waals surface area contributed by atoms with Gasteiger partial charge in [-0.1, -0.05) is 24.3 Å². The smallest absolute Gasteiger partial charge is 0.408 e. The van der Waals surface area contributed by atoms with Gasteiger partial charge >= 0.3 is 12.1 Å². The number of alkyl carbamates (subject to hydrolysis) is 1. The molecule has 0 heterocycles. The number of carboxylic acids is 1. The van der Waals surface area contributed by atoms with E-state index in [4.69, 9.17) is 14.2 Å². The van der Waals surface area contributed by atoms with Crippen molar-refractivity contribution in [3.63, 3.8) is 0 Å². The predicted molar refractivity (Wildman–Crippen MR) is 102 cm³/mol. The van der Waals surface area contributed by atoms with Gasteiger partial charge in [0.1, 0.15) is 11.6 Å². The Hall–Kier alpha value is -2.96. The third-order valence-electron chi connectivity index (χ3n) is 3.89. The molecule has 0 aliphatic carbocycles. The van der Waals surface area contributed by atoms with Gasteiger partial charge in [-0.15, -0.1) is 0 Å². The Balaban J connectivity index is 2.44. The van der Waals surface area contributed by atoms with Crippen molar-refractivity contribution in [3.05, 3.63) is 35.9 Å². The molecule has 27 heavy (non-hydrogen) atoms. The number of carbonyl (C=O) groups excluding carboxylic acids is 1. The van der Waals surface area contributed by atoms with Crippen LogP contribution in [0.2, 0.25) is 0 Å². The van der Waals surface area contributed by atoms with Crippen LogP contribution in [-0.2, 0) is 16.0 Å². The average Bonchev–Trinajstić information content (AvgIpc) is 2.58. The topological polar surface area (TPSA) is 94.1 Å². The van der Waals surface area contributed by atoms with Crippen LogP contribution >= 0.6 is 0 Å². The minimum Gasteiger partial charge on any atom is -0.493 e. The first-order valence-corrected chi connectivity index (χ1v) is 8.51. The van der Waals surface area contributed by atoms with Crippen molar-refractivity contribution in [2.24, 2.45) is 0 Å². The predicted octanol–water partition coefficient (Wildman–Crippen LogP) is 3.38. The van der Waals surface area contributed by atoms with E-state index in [2.05, 4.69) is 5.32 Å². The normalized spacial score (nSPS) is 12.3. The van der Waals surface area contributed by atoms with Crippen molar-refractivity contribution in [2.75, 3.05) is 14.2 Å². The first-order valence-electron chi connectivity index (χ1n) is 8.51. The molecule has 146 valence electrons. The third kappa shape index (κ3) is 5.03. The standard InChI is InChI=1S/C20H25NO6/c1-20(2,3)27-19(24)21-15(18(22)23)11-14-13-9-7-6-8-12(13)10-16(25-4)17(14)26-5/h6-10,15H,11H2,1-5H3,(H,21,24)(H,22,23). The van der Waals surface area contributed by atoms with Crippen molar-refractivity contribution in [1.29, 1.82) is 0 Å². The van der Waals surface area contributed by atoms with Crippen LogP contribution in [0.15, 0.2) is 30.3 Å². The Labute approximate surface area is 158 Å². The van der Waals surface area contributed by atoms with E-state index in [-0.39, 0.29) is 6.42 Å². The number of aliphatic carboxylic acids is 1. The zero-order chi connectivity index (χ0) is 20.2. The average molecular weight is 375 g/mol. The summed E-state index contributed by atoms with van der Waals surface area (Å²) in [4.78, 5) is 23.8. The van der Waals surface area contributed by atoms with Crippen molar-refractivity contribution >= 4 is 22.8 Å². The Morgan fingerprint density at radius 1 is 1.15 bits per heavy atom. The number of benzene rings is 2. The molecule has 0 bridgehead atoms. The van der Waals surface area contributed by atoms with Crippen LogP contribution in [0.3, 0.4) is 0 Å². The zero-order valence-corrected chi connectivity index (χ0v) is 16.2. The molecule has 7 heteroatoms. The monoisotopic (exact) mass is 375 g/mol. The molecule has 1 amide bonds. The van der Waals surface area contributed by atoms with E-state index < -0.39 is 23.7 Å². The maximum Gasteiger partial charge on any atom is 0.408 e. The lowest BCUT2D eigenvalue weighted by Gasteiger charge is -2.23. The first-order chi connectivity index (χ1) is 12.7. The summed E-state index contributed by atoms with van der Waals surface area (Å²) < 4.78 is 16.0. The van der Waals surface area contributed by atoms with E-state index in [0.717, 1.165) is 10.8 Å². The van der Waals surface area contributed by atoms with Crippen LogP contribution in [0.1, 0.15) is 26.3 Å². The molecular formula is C20H25NO6.